The topological polar surface area (TPSA) is 90.6 Å². The molecular formula is C3H4N2O3. The van der Waals surface area contributed by atoms with Crippen LogP contribution in [0, 0.1) is 5.41 Å². The molecule has 0 bridgehead atoms. The highest BCUT2D eigenvalue weighted by Crippen LogP contribution is 1.59. The fourth-order valence-electron chi connectivity index (χ4n) is 0. The van der Waals surface area contributed by atoms with Crippen molar-refractivity contribution >= 4 is 18.9 Å². The van der Waals surface area contributed by atoms with Gasteiger partial charge in [0.15, 0.2) is 0 Å². The van der Waals surface area contributed by atoms with Gasteiger partial charge in [-0.2, -0.15) is 4.99 Å². The minimum atomic E-state index is -1.23. The van der Waals surface area contributed by atoms with Gasteiger partial charge in [-0.05, 0) is 6.72 Å². The molecule has 0 aromatic heterocycles. The molecule has 0 rings (SSSR count). The van der Waals surface area contributed by atoms with Crippen LogP contribution in [0.2, 0.25) is 0 Å². The van der Waals surface area contributed by atoms with Gasteiger partial charge in [0.05, 0.1) is 0 Å². The molecule has 0 saturated carbocycles. The summed E-state index contributed by atoms with van der Waals surface area (Å²) in [4.78, 5) is 20.0. The van der Waals surface area contributed by atoms with Crippen LogP contribution in [0.5, 0.6) is 0 Å². The summed E-state index contributed by atoms with van der Waals surface area (Å²) < 4.78 is 0. The molecule has 0 atom stereocenters. The van der Waals surface area contributed by atoms with Crippen LogP contribution >= 0.6 is 0 Å². The maximum Gasteiger partial charge on any atom is 0.430 e. The van der Waals surface area contributed by atoms with Gasteiger partial charge in [-0.1, -0.05) is 0 Å². The number of carbonyl (C=O) groups is 1. The summed E-state index contributed by atoms with van der Waals surface area (Å²) >= 11 is 0. The predicted octanol–water partition coefficient (Wildman–Crippen LogP) is 0.266. The van der Waals surface area contributed by atoms with Gasteiger partial charge in [-0.15, -0.1) is 0 Å². The molecule has 2 N–H and O–H groups in total. The lowest BCUT2D eigenvalue weighted by Crippen LogP contribution is -1.78. The first kappa shape index (κ1) is 9.72. The molecule has 0 saturated heterocycles. The lowest BCUT2D eigenvalue weighted by molar-refractivity contribution is 0.206. The Bertz CT molecular complexity index is 114. The summed E-state index contributed by atoms with van der Waals surface area (Å²) in [7, 11) is 0. The smallest absolute Gasteiger partial charge is 0.430 e. The average Bonchev–Trinajstić information content (AvgIpc) is 1.69. The summed E-state index contributed by atoms with van der Waals surface area (Å²) in [6.45, 7) is 2.71. The number of carboxylic acid groups (broad SMARTS) is 1. The fraction of sp³-hybridized carbons (Fsp3) is 0. The number of rotatable bonds is 0. The van der Waals surface area contributed by atoms with Crippen LogP contribution in [0.25, 0.3) is 0 Å². The Hall–Kier alpha value is -1.48. The van der Waals surface area contributed by atoms with E-state index in [9.17, 15) is 0 Å². The molecule has 0 fully saturated rings. The van der Waals surface area contributed by atoms with E-state index >= 15 is 0 Å². The Labute approximate surface area is 45.2 Å². The van der Waals surface area contributed by atoms with E-state index < -0.39 is 6.09 Å². The van der Waals surface area contributed by atoms with E-state index in [-0.39, 0.29) is 0 Å². The third kappa shape index (κ3) is 207. The standard InChI is InChI=1S/C2H3NO2.CHNO/c1-3-2(4)5;2-1-3/h1H2,(H,4,5);2H. The van der Waals surface area contributed by atoms with Gasteiger partial charge in [0.1, 0.15) is 0 Å². The normalized spacial score (nSPS) is 5.00. The van der Waals surface area contributed by atoms with Crippen LogP contribution < -0.4 is 0 Å². The SMILES string of the molecule is C=NC(=O)O.N=C=O. The second-order valence-corrected chi connectivity index (χ2v) is 0.543. The quantitative estimate of drug-likeness (QED) is 0.351. The van der Waals surface area contributed by atoms with Crippen molar-refractivity contribution in [3.8, 4) is 0 Å². The van der Waals surface area contributed by atoms with Gasteiger partial charge in [0.2, 0.25) is 6.08 Å². The van der Waals surface area contributed by atoms with Crippen LogP contribution in [0.3, 0.4) is 0 Å². The Morgan fingerprint density at radius 1 is 1.88 bits per heavy atom. The summed E-state index contributed by atoms with van der Waals surface area (Å²) in [5.74, 6) is 0. The monoisotopic (exact) mass is 116 g/mol. The third-order valence-electron chi connectivity index (χ3n) is 0.135. The number of aliphatic imine (C=N–C) groups is 1. The van der Waals surface area contributed by atoms with Crippen molar-refractivity contribution < 1.29 is 14.7 Å². The zero-order valence-electron chi connectivity index (χ0n) is 3.92. The van der Waals surface area contributed by atoms with Crippen molar-refractivity contribution in [2.75, 3.05) is 0 Å². The lowest BCUT2D eigenvalue weighted by atomic mass is 11.2. The first-order chi connectivity index (χ1) is 3.68. The second kappa shape index (κ2) is 9.10. The zero-order valence-corrected chi connectivity index (χ0v) is 3.92. The van der Waals surface area contributed by atoms with E-state index in [2.05, 4.69) is 11.7 Å². The maximum atomic E-state index is 9.14. The number of amides is 1. The highest BCUT2D eigenvalue weighted by molar-refractivity contribution is 5.70. The number of hydrogen-bond donors (Lipinski definition) is 2. The van der Waals surface area contributed by atoms with Crippen LogP contribution in [-0.2, 0) is 4.79 Å². The van der Waals surface area contributed by atoms with Crippen molar-refractivity contribution in [2.45, 2.75) is 0 Å². The molecule has 0 unspecified atom stereocenters. The van der Waals surface area contributed by atoms with Gasteiger partial charge in [-0.25, -0.2) is 15.0 Å². The fourth-order valence-corrected chi connectivity index (χ4v) is 0. The molecule has 5 nitrogen and oxygen atoms in total. The van der Waals surface area contributed by atoms with Gasteiger partial charge >= 0.3 is 6.09 Å². The average molecular weight is 116 g/mol. The van der Waals surface area contributed by atoms with Gasteiger partial charge in [-0.3, -0.25) is 0 Å². The molecule has 0 aromatic carbocycles. The second-order valence-electron chi connectivity index (χ2n) is 0.543. The highest BCUT2D eigenvalue weighted by Gasteiger charge is 1.75. The molecule has 0 aromatic rings. The Balaban J connectivity index is 0. The van der Waals surface area contributed by atoms with Gasteiger partial charge in [0, 0.05) is 0 Å². The molecular weight excluding hydrogens is 112 g/mol. The largest absolute Gasteiger partial charge is 0.463 e. The van der Waals surface area contributed by atoms with Gasteiger partial charge in [0.25, 0.3) is 0 Å². The van der Waals surface area contributed by atoms with E-state index in [0.717, 1.165) is 6.08 Å². The van der Waals surface area contributed by atoms with Crippen molar-refractivity contribution in [2.24, 2.45) is 4.99 Å². The maximum absolute atomic E-state index is 9.14. The molecule has 0 heterocycles. The predicted molar refractivity (Wildman–Crippen MR) is 26.0 cm³/mol. The third-order valence-corrected chi connectivity index (χ3v) is 0.135. The van der Waals surface area contributed by atoms with E-state index in [1.54, 1.807) is 0 Å². The van der Waals surface area contributed by atoms with Crippen LogP contribution in [0.4, 0.5) is 4.79 Å². The molecule has 5 heteroatoms. The van der Waals surface area contributed by atoms with Crippen molar-refractivity contribution in [3.05, 3.63) is 0 Å². The minimum Gasteiger partial charge on any atom is -0.463 e. The number of hydrogen-bond acceptors (Lipinski definition) is 3. The van der Waals surface area contributed by atoms with E-state index in [1.807, 2.05) is 0 Å². The first-order valence-corrected chi connectivity index (χ1v) is 1.42. The molecule has 44 valence electrons. The first-order valence-electron chi connectivity index (χ1n) is 1.42. The highest BCUT2D eigenvalue weighted by atomic mass is 16.4. The van der Waals surface area contributed by atoms with E-state index in [1.165, 1.54) is 0 Å². The van der Waals surface area contributed by atoms with E-state index in [0.29, 0.717) is 0 Å². The Morgan fingerprint density at radius 3 is 2.00 bits per heavy atom. The molecule has 0 aliphatic carbocycles. The molecule has 1 amide bonds. The van der Waals surface area contributed by atoms with Crippen LogP contribution in [0.1, 0.15) is 0 Å². The van der Waals surface area contributed by atoms with Crippen molar-refractivity contribution in [1.29, 1.82) is 5.41 Å². The molecule has 8 heavy (non-hydrogen) atoms. The molecule has 0 aliphatic rings. The van der Waals surface area contributed by atoms with Crippen LogP contribution in [-0.4, -0.2) is 24.0 Å². The van der Waals surface area contributed by atoms with Crippen molar-refractivity contribution in [1.82, 2.24) is 0 Å². The molecule has 0 radical (unpaired) electrons. The van der Waals surface area contributed by atoms with Crippen LogP contribution in [0.15, 0.2) is 4.99 Å². The summed E-state index contributed by atoms with van der Waals surface area (Å²) in [5.41, 5.74) is 0. The number of carbonyl (C=O) groups excluding carboxylic acids is 1. The van der Waals surface area contributed by atoms with Crippen molar-refractivity contribution in [3.63, 3.8) is 0 Å². The Kier molecular flexibility index (Phi) is 11.1. The summed E-state index contributed by atoms with van der Waals surface area (Å²) in [6.07, 6.45) is -0.481. The van der Waals surface area contributed by atoms with Gasteiger partial charge < -0.3 is 5.11 Å². The number of isocyanates is 1. The number of nitrogens with zero attached hydrogens (tertiary/aromatic N) is 1. The number of nitrogens with one attached hydrogen (secondary N) is 1. The zero-order chi connectivity index (χ0) is 6.99. The minimum absolute atomic E-state index is 0.750. The molecule has 0 aliphatic heterocycles. The Morgan fingerprint density at radius 2 is 2.00 bits per heavy atom. The lowest BCUT2D eigenvalue weighted by Gasteiger charge is -1.64. The summed E-state index contributed by atoms with van der Waals surface area (Å²) in [6, 6.07) is 0. The summed E-state index contributed by atoms with van der Waals surface area (Å²) in [5, 5.41) is 12.9. The molecule has 0 spiro atoms. The van der Waals surface area contributed by atoms with E-state index in [4.69, 9.17) is 20.1 Å².